The zero-order valence-corrected chi connectivity index (χ0v) is 17.9. The van der Waals surface area contributed by atoms with Crippen molar-refractivity contribution in [2.75, 3.05) is 13.1 Å². The molecule has 0 radical (unpaired) electrons. The number of aromatic amines is 1. The Morgan fingerprint density at radius 3 is 2.58 bits per heavy atom. The minimum atomic E-state index is -0.544. The van der Waals surface area contributed by atoms with Gasteiger partial charge in [-0.25, -0.2) is 0 Å². The second-order valence-corrected chi connectivity index (χ2v) is 9.23. The van der Waals surface area contributed by atoms with Gasteiger partial charge >= 0.3 is 0 Å². The van der Waals surface area contributed by atoms with E-state index in [4.69, 9.17) is 0 Å². The van der Waals surface area contributed by atoms with Crippen molar-refractivity contribution in [2.24, 2.45) is 5.41 Å². The Balaban J connectivity index is 1.48. The van der Waals surface area contributed by atoms with Crippen LogP contribution < -0.4 is 10.9 Å². The van der Waals surface area contributed by atoms with E-state index >= 15 is 0 Å². The molecule has 2 aliphatic rings. The zero-order chi connectivity index (χ0) is 22.2. The Morgan fingerprint density at radius 2 is 1.84 bits per heavy atom. The van der Waals surface area contributed by atoms with Crippen LogP contribution >= 0.6 is 0 Å². The summed E-state index contributed by atoms with van der Waals surface area (Å²) in [6.45, 7) is 5.69. The molecular formula is C24H27N3O4. The number of nitrogens with one attached hydrogen (secondary N) is 2. The molecule has 1 saturated heterocycles. The summed E-state index contributed by atoms with van der Waals surface area (Å²) in [6.07, 6.45) is 3.02. The van der Waals surface area contributed by atoms with E-state index in [-0.39, 0.29) is 29.2 Å². The van der Waals surface area contributed by atoms with Crippen LogP contribution in [0.25, 0.3) is 0 Å². The molecule has 0 unspecified atom stereocenters. The van der Waals surface area contributed by atoms with Gasteiger partial charge in [0.2, 0.25) is 0 Å². The number of benzene rings is 1. The molecule has 1 aromatic heterocycles. The monoisotopic (exact) mass is 421 g/mol. The van der Waals surface area contributed by atoms with Crippen LogP contribution in [-0.4, -0.2) is 40.6 Å². The molecule has 7 nitrogen and oxygen atoms in total. The summed E-state index contributed by atoms with van der Waals surface area (Å²) < 4.78 is 0. The molecule has 1 aliphatic carbocycles. The highest BCUT2D eigenvalue weighted by Gasteiger charge is 2.32. The number of aromatic nitrogens is 1. The molecule has 7 heteroatoms. The number of nitrogens with zero attached hydrogens (tertiary/aromatic N) is 1. The number of pyridine rings is 1. The van der Waals surface area contributed by atoms with Gasteiger partial charge in [-0.2, -0.15) is 0 Å². The Morgan fingerprint density at radius 1 is 1.10 bits per heavy atom. The number of hydrogen-bond acceptors (Lipinski definition) is 4. The molecule has 0 bridgehead atoms. The minimum absolute atomic E-state index is 0.00163. The van der Waals surface area contributed by atoms with Crippen LogP contribution in [0.4, 0.5) is 0 Å². The second-order valence-electron chi connectivity index (χ2n) is 9.23. The largest absolute Gasteiger partial charge is 0.348 e. The molecule has 1 aliphatic heterocycles. The quantitative estimate of drug-likeness (QED) is 0.793. The third kappa shape index (κ3) is 4.45. The van der Waals surface area contributed by atoms with Gasteiger partial charge in [0.25, 0.3) is 17.4 Å². The van der Waals surface area contributed by atoms with Gasteiger partial charge in [-0.15, -0.1) is 0 Å². The summed E-state index contributed by atoms with van der Waals surface area (Å²) in [7, 11) is 0. The van der Waals surface area contributed by atoms with E-state index in [1.165, 1.54) is 6.07 Å². The molecule has 162 valence electrons. The summed E-state index contributed by atoms with van der Waals surface area (Å²) in [5, 5.41) is 2.73. The van der Waals surface area contributed by atoms with Gasteiger partial charge in [0.15, 0.2) is 5.78 Å². The van der Waals surface area contributed by atoms with Crippen LogP contribution in [0, 0.1) is 5.41 Å². The standard InChI is InChI=1S/C24H27N3O4/c1-24(2)12-19-17(20(28)13-24)11-18(22(30)26-19)21(29)25-14-15-6-5-7-16(10-15)23(31)27-8-3-4-9-27/h5-7,10-11H,3-4,8-9,12-14H2,1-2H3,(H,25,29)(H,26,30). The van der Waals surface area contributed by atoms with Gasteiger partial charge in [-0.3, -0.25) is 19.2 Å². The first-order valence-corrected chi connectivity index (χ1v) is 10.7. The Kier molecular flexibility index (Phi) is 5.52. The summed E-state index contributed by atoms with van der Waals surface area (Å²) in [4.78, 5) is 54.8. The number of rotatable bonds is 4. The van der Waals surface area contributed by atoms with Crippen molar-refractivity contribution < 1.29 is 14.4 Å². The predicted molar refractivity (Wildman–Crippen MR) is 116 cm³/mol. The summed E-state index contributed by atoms with van der Waals surface area (Å²) in [5.74, 6) is -0.610. The summed E-state index contributed by atoms with van der Waals surface area (Å²) >= 11 is 0. The van der Waals surface area contributed by atoms with E-state index < -0.39 is 11.5 Å². The molecule has 2 amide bonds. The van der Waals surface area contributed by atoms with Crippen LogP contribution in [0.5, 0.6) is 0 Å². The lowest BCUT2D eigenvalue weighted by Crippen LogP contribution is -2.34. The second kappa shape index (κ2) is 8.13. The Hall–Kier alpha value is -3.22. The number of likely N-dealkylation sites (tertiary alicyclic amines) is 1. The molecule has 31 heavy (non-hydrogen) atoms. The Bertz CT molecular complexity index is 1110. The van der Waals surface area contributed by atoms with Gasteiger partial charge in [0.05, 0.1) is 0 Å². The molecule has 0 saturated carbocycles. The SMILES string of the molecule is CC1(C)CC(=O)c2cc(C(=O)NCc3cccc(C(=O)N4CCCC4)c3)c(=O)[nH]c2C1. The van der Waals surface area contributed by atoms with E-state index in [9.17, 15) is 19.2 Å². The first-order chi connectivity index (χ1) is 14.7. The van der Waals surface area contributed by atoms with Crippen molar-refractivity contribution in [3.63, 3.8) is 0 Å². The summed E-state index contributed by atoms with van der Waals surface area (Å²) in [6, 6.07) is 8.56. The molecule has 2 aromatic rings. The normalized spacial score (nSPS) is 17.4. The number of fused-ring (bicyclic) bond motifs is 1. The third-order valence-corrected chi connectivity index (χ3v) is 5.98. The molecule has 1 fully saturated rings. The number of carbonyl (C=O) groups excluding carboxylic acids is 3. The predicted octanol–water partition coefficient (Wildman–Crippen LogP) is 2.70. The highest BCUT2D eigenvalue weighted by atomic mass is 16.2. The van der Waals surface area contributed by atoms with E-state index in [2.05, 4.69) is 10.3 Å². The summed E-state index contributed by atoms with van der Waals surface area (Å²) in [5.41, 5.74) is 1.59. The maximum atomic E-state index is 12.7. The van der Waals surface area contributed by atoms with Crippen molar-refractivity contribution in [1.82, 2.24) is 15.2 Å². The van der Waals surface area contributed by atoms with Crippen molar-refractivity contribution in [2.45, 2.75) is 46.1 Å². The van der Waals surface area contributed by atoms with Gasteiger partial charge in [0.1, 0.15) is 5.56 Å². The van der Waals surface area contributed by atoms with Gasteiger partial charge in [0, 0.05) is 42.9 Å². The maximum Gasteiger partial charge on any atom is 0.261 e. The lowest BCUT2D eigenvalue weighted by Gasteiger charge is -2.29. The minimum Gasteiger partial charge on any atom is -0.348 e. The topological polar surface area (TPSA) is 99.3 Å². The van der Waals surface area contributed by atoms with Gasteiger partial charge in [-0.1, -0.05) is 26.0 Å². The van der Waals surface area contributed by atoms with Crippen LogP contribution in [-0.2, 0) is 13.0 Å². The van der Waals surface area contributed by atoms with Crippen LogP contribution in [0.1, 0.15) is 75.4 Å². The molecule has 0 spiro atoms. The highest BCUT2D eigenvalue weighted by molar-refractivity contribution is 6.02. The van der Waals surface area contributed by atoms with Crippen molar-refractivity contribution >= 4 is 17.6 Å². The first kappa shape index (κ1) is 21.0. The molecule has 2 heterocycles. The first-order valence-electron chi connectivity index (χ1n) is 10.7. The fraction of sp³-hybridized carbons (Fsp3) is 0.417. The fourth-order valence-corrected chi connectivity index (χ4v) is 4.39. The lowest BCUT2D eigenvalue weighted by atomic mass is 9.75. The Labute approximate surface area is 180 Å². The van der Waals surface area contributed by atoms with E-state index in [1.54, 1.807) is 18.2 Å². The van der Waals surface area contributed by atoms with Crippen molar-refractivity contribution in [1.29, 1.82) is 0 Å². The molecule has 0 atom stereocenters. The van der Waals surface area contributed by atoms with Crippen molar-refractivity contribution in [3.8, 4) is 0 Å². The maximum absolute atomic E-state index is 12.7. The third-order valence-electron chi connectivity index (χ3n) is 5.98. The number of H-pyrrole nitrogens is 1. The van der Waals surface area contributed by atoms with Crippen LogP contribution in [0.3, 0.4) is 0 Å². The fourth-order valence-electron chi connectivity index (χ4n) is 4.39. The molecular weight excluding hydrogens is 394 g/mol. The molecule has 1 aromatic carbocycles. The van der Waals surface area contributed by atoms with Crippen LogP contribution in [0.15, 0.2) is 35.1 Å². The number of ketones is 1. The molecule has 2 N–H and O–H groups in total. The molecule has 4 rings (SSSR count). The van der Waals surface area contributed by atoms with E-state index in [1.807, 2.05) is 24.8 Å². The number of carbonyl (C=O) groups is 3. The average molecular weight is 421 g/mol. The van der Waals surface area contributed by atoms with E-state index in [0.717, 1.165) is 31.5 Å². The highest BCUT2D eigenvalue weighted by Crippen LogP contribution is 2.33. The smallest absolute Gasteiger partial charge is 0.261 e. The average Bonchev–Trinajstić information content (AvgIpc) is 3.25. The van der Waals surface area contributed by atoms with Gasteiger partial charge < -0.3 is 15.2 Å². The number of Topliss-reactive ketones (excluding diaryl/α,β-unsaturated/α-hetero) is 1. The number of amides is 2. The number of hydrogen-bond donors (Lipinski definition) is 2. The van der Waals surface area contributed by atoms with Gasteiger partial charge in [-0.05, 0) is 48.4 Å². The van der Waals surface area contributed by atoms with Crippen LogP contribution in [0.2, 0.25) is 0 Å². The zero-order valence-electron chi connectivity index (χ0n) is 17.9. The van der Waals surface area contributed by atoms with E-state index in [0.29, 0.717) is 29.7 Å². The lowest BCUT2D eigenvalue weighted by molar-refractivity contribution is 0.0792. The van der Waals surface area contributed by atoms with Crippen molar-refractivity contribution in [3.05, 3.63) is 68.6 Å².